The molecule has 32 heavy (non-hydrogen) atoms. The Bertz CT molecular complexity index is 1120. The van der Waals surface area contributed by atoms with E-state index in [1.807, 2.05) is 0 Å². The average Bonchev–Trinajstić information content (AvgIpc) is 3.30. The summed E-state index contributed by atoms with van der Waals surface area (Å²) in [6.45, 7) is 5.57. The summed E-state index contributed by atoms with van der Waals surface area (Å²) in [5, 5.41) is 5.05. The van der Waals surface area contributed by atoms with E-state index < -0.39 is 0 Å². The normalized spacial score (nSPS) is 15.2. The summed E-state index contributed by atoms with van der Waals surface area (Å²) in [5.74, 6) is 0.537. The van der Waals surface area contributed by atoms with Crippen molar-refractivity contribution in [2.75, 3.05) is 19.6 Å². The largest absolute Gasteiger partial charge is 0.303 e. The molecule has 1 aromatic heterocycles. The van der Waals surface area contributed by atoms with Crippen LogP contribution >= 0.6 is 0 Å². The molecule has 1 saturated heterocycles. The van der Waals surface area contributed by atoms with Gasteiger partial charge in [-0.05, 0) is 63.0 Å². The molecule has 0 bridgehead atoms. The quantitative estimate of drug-likeness (QED) is 0.366. The Labute approximate surface area is 191 Å². The van der Waals surface area contributed by atoms with E-state index in [0.29, 0.717) is 5.92 Å². The number of para-hydroxylation sites is 1. The lowest BCUT2D eigenvalue weighted by Crippen LogP contribution is -2.34. The molecule has 3 heteroatoms. The molecule has 1 fully saturated rings. The number of aryl methyl sites for hydroxylation is 1. The fourth-order valence-electron chi connectivity index (χ4n) is 4.71. The van der Waals surface area contributed by atoms with Crippen LogP contribution in [-0.2, 0) is 6.42 Å². The number of hydrogen-bond donors (Lipinski definition) is 0. The summed E-state index contributed by atoms with van der Waals surface area (Å²) in [6, 6.07) is 32.4. The molecule has 5 rings (SSSR count). The van der Waals surface area contributed by atoms with Crippen LogP contribution in [0, 0.1) is 6.92 Å². The smallest absolute Gasteiger partial charge is 0.0930 e. The predicted octanol–water partition coefficient (Wildman–Crippen LogP) is 6.27. The van der Waals surface area contributed by atoms with Crippen LogP contribution in [0.15, 0.2) is 91.0 Å². The number of nitrogens with zero attached hydrogens (tertiary/aromatic N) is 3. The average molecular weight is 422 g/mol. The van der Waals surface area contributed by atoms with Crippen LogP contribution < -0.4 is 0 Å². The standard InChI is InChI=1S/C29H31N3/c1-23-12-14-25(15-13-23)28-22-29(32(30-28)27-10-6-3-7-11-27)26-17-20-31(21-18-26)19-16-24-8-4-2-5-9-24/h2-15,22,26H,16-21H2,1H3. The first-order valence-electron chi connectivity index (χ1n) is 11.7. The van der Waals surface area contributed by atoms with E-state index >= 15 is 0 Å². The summed E-state index contributed by atoms with van der Waals surface area (Å²) in [5.41, 5.74) is 7.45. The zero-order valence-electron chi connectivity index (χ0n) is 18.8. The van der Waals surface area contributed by atoms with Crippen LogP contribution in [0.2, 0.25) is 0 Å². The SMILES string of the molecule is Cc1ccc(-c2cc(C3CCN(CCc4ccccc4)CC3)n(-c3ccccc3)n2)cc1. The van der Waals surface area contributed by atoms with Gasteiger partial charge in [-0.15, -0.1) is 0 Å². The van der Waals surface area contributed by atoms with Crippen molar-refractivity contribution in [3.63, 3.8) is 0 Å². The molecule has 0 saturated carbocycles. The molecular formula is C29H31N3. The lowest BCUT2D eigenvalue weighted by molar-refractivity contribution is 0.212. The second-order valence-electron chi connectivity index (χ2n) is 8.92. The van der Waals surface area contributed by atoms with Crippen LogP contribution in [-0.4, -0.2) is 34.3 Å². The molecule has 0 atom stereocenters. The highest BCUT2D eigenvalue weighted by Gasteiger charge is 2.25. The van der Waals surface area contributed by atoms with Gasteiger partial charge in [0.15, 0.2) is 0 Å². The highest BCUT2D eigenvalue weighted by atomic mass is 15.3. The Balaban J connectivity index is 1.34. The molecule has 0 spiro atoms. The number of benzene rings is 3. The third-order valence-corrected chi connectivity index (χ3v) is 6.65. The Kier molecular flexibility index (Phi) is 6.17. The van der Waals surface area contributed by atoms with Gasteiger partial charge < -0.3 is 4.90 Å². The lowest BCUT2D eigenvalue weighted by Gasteiger charge is -2.32. The van der Waals surface area contributed by atoms with Crippen LogP contribution in [0.25, 0.3) is 16.9 Å². The van der Waals surface area contributed by atoms with Gasteiger partial charge in [-0.2, -0.15) is 5.10 Å². The van der Waals surface area contributed by atoms with Crippen LogP contribution in [0.5, 0.6) is 0 Å². The van der Waals surface area contributed by atoms with Crippen molar-refractivity contribution in [2.45, 2.75) is 32.1 Å². The number of rotatable bonds is 6. The minimum atomic E-state index is 0.537. The first kappa shape index (κ1) is 20.7. The minimum Gasteiger partial charge on any atom is -0.303 e. The highest BCUT2D eigenvalue weighted by molar-refractivity contribution is 5.61. The number of hydrogen-bond acceptors (Lipinski definition) is 2. The molecular weight excluding hydrogens is 390 g/mol. The van der Waals surface area contributed by atoms with Gasteiger partial charge >= 0.3 is 0 Å². The van der Waals surface area contributed by atoms with Crippen molar-refractivity contribution in [1.29, 1.82) is 0 Å². The molecule has 3 nitrogen and oxygen atoms in total. The van der Waals surface area contributed by atoms with E-state index in [4.69, 9.17) is 5.10 Å². The summed E-state index contributed by atoms with van der Waals surface area (Å²) in [7, 11) is 0. The predicted molar refractivity (Wildman–Crippen MR) is 132 cm³/mol. The second-order valence-corrected chi connectivity index (χ2v) is 8.92. The fourth-order valence-corrected chi connectivity index (χ4v) is 4.71. The highest BCUT2D eigenvalue weighted by Crippen LogP contribution is 2.33. The number of piperidine rings is 1. The molecule has 162 valence electrons. The number of aromatic nitrogens is 2. The molecule has 0 aliphatic carbocycles. The van der Waals surface area contributed by atoms with E-state index in [-0.39, 0.29) is 0 Å². The molecule has 0 radical (unpaired) electrons. The van der Waals surface area contributed by atoms with Gasteiger partial charge in [0.1, 0.15) is 0 Å². The topological polar surface area (TPSA) is 21.1 Å². The van der Waals surface area contributed by atoms with E-state index in [0.717, 1.165) is 37.4 Å². The monoisotopic (exact) mass is 421 g/mol. The molecule has 1 aliphatic heterocycles. The summed E-state index contributed by atoms with van der Waals surface area (Å²) in [4.78, 5) is 2.62. The molecule has 0 N–H and O–H groups in total. The molecule has 3 aromatic carbocycles. The molecule has 4 aromatic rings. The third-order valence-electron chi connectivity index (χ3n) is 6.65. The summed E-state index contributed by atoms with van der Waals surface area (Å²) in [6.07, 6.45) is 3.49. The van der Waals surface area contributed by atoms with Crippen molar-refractivity contribution >= 4 is 0 Å². The van der Waals surface area contributed by atoms with Gasteiger partial charge in [-0.25, -0.2) is 4.68 Å². The summed E-state index contributed by atoms with van der Waals surface area (Å²) < 4.78 is 2.18. The Hall–Kier alpha value is -3.17. The fraction of sp³-hybridized carbons (Fsp3) is 0.276. The molecule has 1 aliphatic rings. The van der Waals surface area contributed by atoms with Crippen LogP contribution in [0.3, 0.4) is 0 Å². The Morgan fingerprint density at radius 3 is 2.16 bits per heavy atom. The van der Waals surface area contributed by atoms with E-state index in [2.05, 4.69) is 108 Å². The van der Waals surface area contributed by atoms with Crippen molar-refractivity contribution in [3.05, 3.63) is 108 Å². The van der Waals surface area contributed by atoms with Gasteiger partial charge in [0.05, 0.1) is 11.4 Å². The molecule has 0 amide bonds. The Morgan fingerprint density at radius 2 is 1.47 bits per heavy atom. The third kappa shape index (κ3) is 4.68. The van der Waals surface area contributed by atoms with E-state index in [1.54, 1.807) is 0 Å². The van der Waals surface area contributed by atoms with Gasteiger partial charge in [0.2, 0.25) is 0 Å². The Morgan fingerprint density at radius 1 is 0.812 bits per heavy atom. The van der Waals surface area contributed by atoms with Crippen LogP contribution in [0.4, 0.5) is 0 Å². The van der Waals surface area contributed by atoms with Crippen molar-refractivity contribution in [1.82, 2.24) is 14.7 Å². The first-order chi connectivity index (χ1) is 15.8. The zero-order chi connectivity index (χ0) is 21.8. The second kappa shape index (κ2) is 9.54. The molecule has 0 unspecified atom stereocenters. The maximum atomic E-state index is 5.05. The van der Waals surface area contributed by atoms with Gasteiger partial charge in [0.25, 0.3) is 0 Å². The first-order valence-corrected chi connectivity index (χ1v) is 11.7. The minimum absolute atomic E-state index is 0.537. The van der Waals surface area contributed by atoms with Crippen molar-refractivity contribution in [2.24, 2.45) is 0 Å². The zero-order valence-corrected chi connectivity index (χ0v) is 18.8. The van der Waals surface area contributed by atoms with Crippen LogP contribution in [0.1, 0.15) is 35.6 Å². The van der Waals surface area contributed by atoms with Crippen molar-refractivity contribution < 1.29 is 0 Å². The number of likely N-dealkylation sites (tertiary alicyclic amines) is 1. The van der Waals surface area contributed by atoms with Gasteiger partial charge in [-0.3, -0.25) is 0 Å². The van der Waals surface area contributed by atoms with E-state index in [9.17, 15) is 0 Å². The van der Waals surface area contributed by atoms with Gasteiger partial charge in [-0.1, -0.05) is 78.4 Å². The summed E-state index contributed by atoms with van der Waals surface area (Å²) >= 11 is 0. The maximum absolute atomic E-state index is 5.05. The van der Waals surface area contributed by atoms with Crippen molar-refractivity contribution in [3.8, 4) is 16.9 Å². The van der Waals surface area contributed by atoms with Gasteiger partial charge in [0, 0.05) is 23.7 Å². The molecule has 2 heterocycles. The van der Waals surface area contributed by atoms with E-state index in [1.165, 1.54) is 35.2 Å². The maximum Gasteiger partial charge on any atom is 0.0930 e. The lowest BCUT2D eigenvalue weighted by atomic mass is 9.92.